The molecule has 0 unspecified atom stereocenters. The summed E-state index contributed by atoms with van der Waals surface area (Å²) in [6.45, 7) is 5.68. The first-order valence-electron chi connectivity index (χ1n) is 8.86. The van der Waals surface area contributed by atoms with E-state index < -0.39 is 11.8 Å². The third kappa shape index (κ3) is 3.78. The molecule has 142 valence electrons. The normalized spacial score (nSPS) is 16.3. The molecule has 0 spiro atoms. The molecule has 3 rings (SSSR count). The maximum Gasteiger partial charge on any atom is 0.271 e. The molecule has 2 aromatic rings. The highest BCUT2D eigenvalue weighted by Gasteiger charge is 2.35. The summed E-state index contributed by atoms with van der Waals surface area (Å²) in [5, 5.41) is 10.0. The molecule has 5 nitrogen and oxygen atoms in total. The van der Waals surface area contributed by atoms with Crippen LogP contribution in [0.4, 0.5) is 0 Å². The minimum Gasteiger partial charge on any atom is -0.457 e. The molecule has 2 heterocycles. The Morgan fingerprint density at radius 3 is 2.43 bits per heavy atom. The van der Waals surface area contributed by atoms with Gasteiger partial charge in [0.05, 0.1) is 0 Å². The Morgan fingerprint density at radius 2 is 1.82 bits per heavy atom. The summed E-state index contributed by atoms with van der Waals surface area (Å²) >= 11 is 5.91. The maximum atomic E-state index is 12.9. The number of rotatable bonds is 4. The first-order valence-corrected chi connectivity index (χ1v) is 9.24. The van der Waals surface area contributed by atoms with Crippen LogP contribution in [0.15, 0.2) is 57.5 Å². The average molecular weight is 395 g/mol. The van der Waals surface area contributed by atoms with Crippen molar-refractivity contribution in [3.63, 3.8) is 0 Å². The quantitative estimate of drug-likeness (QED) is 0.548. The molecule has 1 aromatic carbocycles. The molecule has 0 atom stereocenters. The fraction of sp³-hybridized carbons (Fsp3) is 0.227. The summed E-state index contributed by atoms with van der Waals surface area (Å²) in [6, 6.07) is 12.7. The molecular formula is C22H19ClN2O3. The number of imide groups is 1. The molecule has 0 N–H and O–H groups in total. The van der Waals surface area contributed by atoms with Gasteiger partial charge in [-0.3, -0.25) is 14.5 Å². The van der Waals surface area contributed by atoms with Gasteiger partial charge in [0.1, 0.15) is 23.2 Å². The Bertz CT molecular complexity index is 1040. The second kappa shape index (κ2) is 7.87. The van der Waals surface area contributed by atoms with Gasteiger partial charge in [-0.25, -0.2) is 0 Å². The van der Waals surface area contributed by atoms with Crippen LogP contribution >= 0.6 is 11.6 Å². The lowest BCUT2D eigenvalue weighted by molar-refractivity contribution is -0.141. The van der Waals surface area contributed by atoms with Crippen LogP contribution in [0, 0.1) is 17.2 Å². The van der Waals surface area contributed by atoms with Crippen molar-refractivity contribution in [1.29, 1.82) is 5.26 Å². The first kappa shape index (κ1) is 19.7. The van der Waals surface area contributed by atoms with Gasteiger partial charge in [0.2, 0.25) is 0 Å². The second-order valence-corrected chi connectivity index (χ2v) is 7.43. The number of hydrogen-bond acceptors (Lipinski definition) is 4. The Kier molecular flexibility index (Phi) is 5.53. The molecule has 1 aliphatic heterocycles. The summed E-state index contributed by atoms with van der Waals surface area (Å²) in [4.78, 5) is 26.5. The average Bonchev–Trinajstić information content (AvgIpc) is 3.12. The summed E-state index contributed by atoms with van der Waals surface area (Å²) in [5.74, 6) is 0.220. The molecule has 0 aliphatic carbocycles. The number of carbonyl (C=O) groups excluding carboxylic acids is 2. The Labute approximate surface area is 168 Å². The Morgan fingerprint density at radius 1 is 1.14 bits per heavy atom. The van der Waals surface area contributed by atoms with Gasteiger partial charge < -0.3 is 4.42 Å². The summed E-state index contributed by atoms with van der Waals surface area (Å²) in [7, 11) is 0. The SMILES string of the molecule is CC1=C(C#N)C(=O)N(CC(C)C)C(=O)C1=Cc1ccc(-c2ccc(Cl)cc2)o1. The number of nitrogens with zero attached hydrogens (tertiary/aromatic N) is 2. The van der Waals surface area contributed by atoms with E-state index in [1.54, 1.807) is 37.3 Å². The van der Waals surface area contributed by atoms with Crippen molar-refractivity contribution < 1.29 is 14.0 Å². The predicted molar refractivity (Wildman–Crippen MR) is 107 cm³/mol. The van der Waals surface area contributed by atoms with Gasteiger partial charge in [-0.1, -0.05) is 25.4 Å². The summed E-state index contributed by atoms with van der Waals surface area (Å²) < 4.78 is 5.84. The van der Waals surface area contributed by atoms with E-state index in [4.69, 9.17) is 16.0 Å². The van der Waals surface area contributed by atoms with Crippen molar-refractivity contribution in [3.8, 4) is 17.4 Å². The molecule has 0 fully saturated rings. The molecule has 28 heavy (non-hydrogen) atoms. The number of nitriles is 1. The third-order valence-electron chi connectivity index (χ3n) is 4.42. The highest BCUT2D eigenvalue weighted by molar-refractivity contribution is 6.30. The van der Waals surface area contributed by atoms with Crippen LogP contribution in [0.1, 0.15) is 26.5 Å². The Hall–Kier alpha value is -3.10. The predicted octanol–water partition coefficient (Wildman–Crippen LogP) is 4.85. The van der Waals surface area contributed by atoms with E-state index in [2.05, 4.69) is 0 Å². The highest BCUT2D eigenvalue weighted by Crippen LogP contribution is 2.30. The minimum atomic E-state index is -0.544. The number of benzene rings is 1. The highest BCUT2D eigenvalue weighted by atomic mass is 35.5. The summed E-state index contributed by atoms with van der Waals surface area (Å²) in [5.41, 5.74) is 1.48. The van der Waals surface area contributed by atoms with Crippen molar-refractivity contribution >= 4 is 29.5 Å². The van der Waals surface area contributed by atoms with Gasteiger partial charge in [-0.2, -0.15) is 5.26 Å². The fourth-order valence-corrected chi connectivity index (χ4v) is 3.13. The van der Waals surface area contributed by atoms with E-state index in [-0.39, 0.29) is 23.6 Å². The van der Waals surface area contributed by atoms with Crippen LogP contribution in [-0.2, 0) is 9.59 Å². The van der Waals surface area contributed by atoms with Crippen LogP contribution in [0.5, 0.6) is 0 Å². The standard InChI is InChI=1S/C22H19ClN2O3/c1-13(2)12-25-21(26)18(14(3)19(11-24)22(25)27)10-17-8-9-20(28-17)15-4-6-16(23)7-5-15/h4-10,13H,12H2,1-3H3. The van der Waals surface area contributed by atoms with Crippen molar-refractivity contribution in [1.82, 2.24) is 4.90 Å². The number of halogens is 1. The zero-order chi connectivity index (χ0) is 20.4. The molecule has 0 bridgehead atoms. The lowest BCUT2D eigenvalue weighted by Crippen LogP contribution is -2.44. The second-order valence-electron chi connectivity index (χ2n) is 6.99. The van der Waals surface area contributed by atoms with Crippen LogP contribution in [0.25, 0.3) is 17.4 Å². The van der Waals surface area contributed by atoms with E-state index in [0.29, 0.717) is 22.1 Å². The topological polar surface area (TPSA) is 74.3 Å². The smallest absolute Gasteiger partial charge is 0.271 e. The molecule has 0 saturated carbocycles. The van der Waals surface area contributed by atoms with E-state index in [0.717, 1.165) is 10.5 Å². The van der Waals surface area contributed by atoms with Crippen LogP contribution in [0.3, 0.4) is 0 Å². The molecule has 6 heteroatoms. The van der Waals surface area contributed by atoms with Gasteiger partial charge in [-0.15, -0.1) is 0 Å². The van der Waals surface area contributed by atoms with Crippen molar-refractivity contribution in [3.05, 3.63) is 63.9 Å². The summed E-state index contributed by atoms with van der Waals surface area (Å²) in [6.07, 6.45) is 1.58. The maximum absolute atomic E-state index is 12.9. The molecule has 2 amide bonds. The van der Waals surface area contributed by atoms with Crippen molar-refractivity contribution in [2.24, 2.45) is 5.92 Å². The lowest BCUT2D eigenvalue weighted by Gasteiger charge is -2.28. The van der Waals surface area contributed by atoms with Crippen LogP contribution in [-0.4, -0.2) is 23.3 Å². The van der Waals surface area contributed by atoms with Crippen molar-refractivity contribution in [2.75, 3.05) is 6.54 Å². The zero-order valence-electron chi connectivity index (χ0n) is 15.8. The molecule has 1 aliphatic rings. The molecule has 1 aromatic heterocycles. The number of hydrogen-bond donors (Lipinski definition) is 0. The van der Waals surface area contributed by atoms with Gasteiger partial charge in [0.25, 0.3) is 11.8 Å². The number of amides is 2. The fourth-order valence-electron chi connectivity index (χ4n) is 3.00. The zero-order valence-corrected chi connectivity index (χ0v) is 16.6. The van der Waals surface area contributed by atoms with Gasteiger partial charge in [0, 0.05) is 22.7 Å². The van der Waals surface area contributed by atoms with Gasteiger partial charge >= 0.3 is 0 Å². The third-order valence-corrected chi connectivity index (χ3v) is 4.67. The number of furan rings is 1. The van der Waals surface area contributed by atoms with E-state index in [9.17, 15) is 14.9 Å². The molecule has 0 radical (unpaired) electrons. The molecular weight excluding hydrogens is 376 g/mol. The van der Waals surface area contributed by atoms with Gasteiger partial charge in [-0.05, 0) is 60.9 Å². The van der Waals surface area contributed by atoms with Gasteiger partial charge in [0.15, 0.2) is 0 Å². The van der Waals surface area contributed by atoms with E-state index >= 15 is 0 Å². The number of carbonyl (C=O) groups is 2. The monoisotopic (exact) mass is 394 g/mol. The molecule has 0 saturated heterocycles. The van der Waals surface area contributed by atoms with Crippen LogP contribution in [0.2, 0.25) is 5.02 Å². The largest absolute Gasteiger partial charge is 0.457 e. The van der Waals surface area contributed by atoms with E-state index in [1.807, 2.05) is 32.0 Å². The minimum absolute atomic E-state index is 0.0176. The lowest BCUT2D eigenvalue weighted by atomic mass is 9.94. The Balaban J connectivity index is 2.01. The van der Waals surface area contributed by atoms with Crippen molar-refractivity contribution in [2.45, 2.75) is 20.8 Å². The first-order chi connectivity index (χ1) is 13.3. The van der Waals surface area contributed by atoms with Crippen LogP contribution < -0.4 is 0 Å². The van der Waals surface area contributed by atoms with E-state index in [1.165, 1.54) is 0 Å².